The number of halogens is 2. The van der Waals surface area contributed by atoms with Crippen molar-refractivity contribution in [2.24, 2.45) is 0 Å². The second kappa shape index (κ2) is 10.2. The Labute approximate surface area is 186 Å². The lowest BCUT2D eigenvalue weighted by Crippen LogP contribution is -2.21. The van der Waals surface area contributed by atoms with E-state index in [1.54, 1.807) is 11.8 Å². The van der Waals surface area contributed by atoms with Crippen LogP contribution >= 0.6 is 35.0 Å². The summed E-state index contributed by atoms with van der Waals surface area (Å²) in [6.07, 6.45) is 1.85. The summed E-state index contributed by atoms with van der Waals surface area (Å²) in [6, 6.07) is 14.0. The van der Waals surface area contributed by atoms with E-state index in [0.29, 0.717) is 22.3 Å². The van der Waals surface area contributed by atoms with Gasteiger partial charge in [-0.3, -0.25) is 4.57 Å². The number of anilines is 1. The molecule has 0 saturated heterocycles. The number of rotatable bonds is 9. The van der Waals surface area contributed by atoms with Gasteiger partial charge in [-0.05, 0) is 55.8 Å². The minimum Gasteiger partial charge on any atom is -0.372 e. The lowest BCUT2D eigenvalue weighted by atomic mass is 10.2. The molecule has 0 aliphatic rings. The second-order valence-electron chi connectivity index (χ2n) is 6.41. The molecule has 0 atom stereocenters. The first-order valence-corrected chi connectivity index (χ1v) is 11.3. The molecule has 3 rings (SSSR count). The number of hydrogen-bond acceptors (Lipinski definition) is 4. The summed E-state index contributed by atoms with van der Waals surface area (Å²) in [6.45, 7) is 10.8. The molecule has 29 heavy (non-hydrogen) atoms. The smallest absolute Gasteiger partial charge is 0.192 e. The molecule has 1 aromatic heterocycles. The summed E-state index contributed by atoms with van der Waals surface area (Å²) in [4.78, 5) is 2.31. The number of thioether (sulfide) groups is 1. The first-order chi connectivity index (χ1) is 14.1. The zero-order valence-corrected chi connectivity index (χ0v) is 18.9. The van der Waals surface area contributed by atoms with E-state index in [0.717, 1.165) is 35.2 Å². The van der Waals surface area contributed by atoms with E-state index in [2.05, 4.69) is 64.4 Å². The molecule has 1 heterocycles. The molecule has 0 fully saturated rings. The van der Waals surface area contributed by atoms with Crippen LogP contribution in [0.5, 0.6) is 0 Å². The molecule has 0 aliphatic carbocycles. The maximum absolute atomic E-state index is 6.30. The largest absolute Gasteiger partial charge is 0.372 e. The van der Waals surface area contributed by atoms with Crippen LogP contribution in [0.2, 0.25) is 10.0 Å². The molecule has 2 aromatic carbocycles. The highest BCUT2D eigenvalue weighted by atomic mass is 35.5. The average molecular weight is 447 g/mol. The predicted molar refractivity (Wildman–Crippen MR) is 125 cm³/mol. The maximum atomic E-state index is 6.30. The minimum absolute atomic E-state index is 0.620. The van der Waals surface area contributed by atoms with Crippen LogP contribution in [0.25, 0.3) is 11.4 Å². The second-order valence-corrected chi connectivity index (χ2v) is 8.17. The zero-order chi connectivity index (χ0) is 20.8. The zero-order valence-electron chi connectivity index (χ0n) is 16.6. The Balaban J connectivity index is 1.86. The fraction of sp³-hybridized carbons (Fsp3) is 0.273. The molecular weight excluding hydrogens is 423 g/mol. The Morgan fingerprint density at radius 2 is 1.69 bits per heavy atom. The lowest BCUT2D eigenvalue weighted by molar-refractivity contribution is 0.731. The minimum atomic E-state index is 0.620. The van der Waals surface area contributed by atoms with Crippen LogP contribution in [-0.2, 0) is 12.3 Å². The van der Waals surface area contributed by atoms with Gasteiger partial charge in [0.2, 0.25) is 0 Å². The average Bonchev–Trinajstić information content (AvgIpc) is 3.12. The van der Waals surface area contributed by atoms with Crippen molar-refractivity contribution < 1.29 is 0 Å². The fourth-order valence-electron chi connectivity index (χ4n) is 3.12. The van der Waals surface area contributed by atoms with Crippen molar-refractivity contribution in [2.75, 3.05) is 18.0 Å². The predicted octanol–water partition coefficient (Wildman–Crippen LogP) is 6.58. The normalized spacial score (nSPS) is 10.9. The summed E-state index contributed by atoms with van der Waals surface area (Å²) in [5, 5.41) is 11.0. The van der Waals surface area contributed by atoms with Crippen molar-refractivity contribution in [1.82, 2.24) is 14.8 Å². The molecule has 4 nitrogen and oxygen atoms in total. The summed E-state index contributed by atoms with van der Waals surface area (Å²) in [5.74, 6) is 1.44. The van der Waals surface area contributed by atoms with Crippen LogP contribution < -0.4 is 4.90 Å². The Morgan fingerprint density at radius 1 is 1.03 bits per heavy atom. The molecule has 0 radical (unpaired) electrons. The Bertz CT molecular complexity index is 945. The van der Waals surface area contributed by atoms with Crippen molar-refractivity contribution in [2.45, 2.75) is 31.3 Å². The van der Waals surface area contributed by atoms with Gasteiger partial charge >= 0.3 is 0 Å². The van der Waals surface area contributed by atoms with Gasteiger partial charge in [0.1, 0.15) is 0 Å². The van der Waals surface area contributed by atoms with E-state index in [1.165, 1.54) is 5.69 Å². The first kappa shape index (κ1) is 21.8. The van der Waals surface area contributed by atoms with Gasteiger partial charge in [-0.25, -0.2) is 0 Å². The van der Waals surface area contributed by atoms with Crippen LogP contribution in [-0.4, -0.2) is 27.9 Å². The SMILES string of the molecule is C=CCn1c(SCc2c(Cl)cccc2Cl)nnc1-c1ccc(N(CC)CC)cc1. The summed E-state index contributed by atoms with van der Waals surface area (Å²) in [7, 11) is 0. The summed E-state index contributed by atoms with van der Waals surface area (Å²) in [5.41, 5.74) is 3.13. The number of aromatic nitrogens is 3. The molecule has 0 aliphatic heterocycles. The quantitative estimate of drug-likeness (QED) is 0.274. The van der Waals surface area contributed by atoms with Crippen LogP contribution in [0.1, 0.15) is 19.4 Å². The lowest BCUT2D eigenvalue weighted by Gasteiger charge is -2.21. The van der Waals surface area contributed by atoms with Gasteiger partial charge in [-0.2, -0.15) is 0 Å². The van der Waals surface area contributed by atoms with Gasteiger partial charge in [0.05, 0.1) is 0 Å². The van der Waals surface area contributed by atoms with Crippen LogP contribution in [0.15, 0.2) is 60.3 Å². The number of nitrogens with zero attached hydrogens (tertiary/aromatic N) is 4. The van der Waals surface area contributed by atoms with E-state index in [-0.39, 0.29) is 0 Å². The van der Waals surface area contributed by atoms with Crippen LogP contribution in [0.3, 0.4) is 0 Å². The van der Waals surface area contributed by atoms with Gasteiger partial charge in [0, 0.05) is 46.7 Å². The Kier molecular flexibility index (Phi) is 7.64. The van der Waals surface area contributed by atoms with Gasteiger partial charge in [-0.15, -0.1) is 16.8 Å². The number of hydrogen-bond donors (Lipinski definition) is 0. The third-order valence-corrected chi connectivity index (χ3v) is 6.39. The highest BCUT2D eigenvalue weighted by molar-refractivity contribution is 7.98. The van der Waals surface area contributed by atoms with Crippen molar-refractivity contribution in [3.05, 3.63) is 70.7 Å². The van der Waals surface area contributed by atoms with E-state index in [4.69, 9.17) is 23.2 Å². The Hall–Kier alpha value is -1.95. The maximum Gasteiger partial charge on any atom is 0.192 e. The molecule has 0 saturated carbocycles. The topological polar surface area (TPSA) is 34.0 Å². The van der Waals surface area contributed by atoms with E-state index in [9.17, 15) is 0 Å². The highest BCUT2D eigenvalue weighted by Crippen LogP contribution is 2.32. The molecular formula is C22H24Cl2N4S. The molecule has 152 valence electrons. The van der Waals surface area contributed by atoms with Crippen molar-refractivity contribution in [1.29, 1.82) is 0 Å². The van der Waals surface area contributed by atoms with E-state index < -0.39 is 0 Å². The summed E-state index contributed by atoms with van der Waals surface area (Å²) >= 11 is 14.2. The molecule has 3 aromatic rings. The van der Waals surface area contributed by atoms with E-state index in [1.807, 2.05) is 24.3 Å². The molecule has 0 amide bonds. The van der Waals surface area contributed by atoms with E-state index >= 15 is 0 Å². The Morgan fingerprint density at radius 3 is 2.28 bits per heavy atom. The molecule has 0 unspecified atom stereocenters. The monoisotopic (exact) mass is 446 g/mol. The standard InChI is InChI=1S/C22H24Cl2N4S/c1-4-14-28-21(16-10-12-17(13-11-16)27(5-2)6-3)25-26-22(28)29-15-18-19(23)8-7-9-20(18)24/h4,7-13H,1,5-6,14-15H2,2-3H3. The van der Waals surface area contributed by atoms with Crippen LogP contribution in [0.4, 0.5) is 5.69 Å². The number of benzene rings is 2. The van der Waals surface area contributed by atoms with Crippen molar-refractivity contribution in [3.8, 4) is 11.4 Å². The van der Waals surface area contributed by atoms with Gasteiger partial charge in [0.15, 0.2) is 11.0 Å². The third-order valence-electron chi connectivity index (χ3n) is 4.69. The highest BCUT2D eigenvalue weighted by Gasteiger charge is 2.15. The molecule has 0 bridgehead atoms. The molecule has 0 N–H and O–H groups in total. The first-order valence-electron chi connectivity index (χ1n) is 9.54. The van der Waals surface area contributed by atoms with Gasteiger partial charge in [0.25, 0.3) is 0 Å². The van der Waals surface area contributed by atoms with Gasteiger partial charge < -0.3 is 4.90 Å². The van der Waals surface area contributed by atoms with Crippen molar-refractivity contribution in [3.63, 3.8) is 0 Å². The fourth-order valence-corrected chi connectivity index (χ4v) is 4.81. The molecule has 0 spiro atoms. The van der Waals surface area contributed by atoms with Crippen molar-refractivity contribution >= 4 is 40.7 Å². The summed E-state index contributed by atoms with van der Waals surface area (Å²) < 4.78 is 2.06. The molecule has 7 heteroatoms. The third kappa shape index (κ3) is 4.97. The van der Waals surface area contributed by atoms with Crippen LogP contribution in [0, 0.1) is 0 Å². The van der Waals surface area contributed by atoms with Gasteiger partial charge in [-0.1, -0.05) is 47.1 Å². The number of allylic oxidation sites excluding steroid dienone is 1.